The predicted octanol–water partition coefficient (Wildman–Crippen LogP) is 1.02. The first-order valence-electron chi connectivity index (χ1n) is 5.49. The molecule has 1 unspecified atom stereocenters. The molecule has 1 aromatic heterocycles. The van der Waals surface area contributed by atoms with Crippen LogP contribution in [0.3, 0.4) is 0 Å². The molecule has 0 saturated carbocycles. The van der Waals surface area contributed by atoms with E-state index in [9.17, 15) is 0 Å². The number of aryl methyl sites for hydroxylation is 1. The van der Waals surface area contributed by atoms with Crippen molar-refractivity contribution < 1.29 is 0 Å². The average Bonchev–Trinajstić information content (AvgIpc) is 2.63. The molecule has 0 aliphatic carbocycles. The zero-order chi connectivity index (χ0) is 11.3. The first-order valence-corrected chi connectivity index (χ1v) is 5.49. The van der Waals surface area contributed by atoms with E-state index < -0.39 is 0 Å². The van der Waals surface area contributed by atoms with Crippen LogP contribution in [0.5, 0.6) is 0 Å². The molecule has 0 aliphatic rings. The van der Waals surface area contributed by atoms with E-state index in [0.29, 0.717) is 6.04 Å². The summed E-state index contributed by atoms with van der Waals surface area (Å²) in [7, 11) is 6.14. The number of rotatable bonds is 6. The number of hydrogen-bond donors (Lipinski definition) is 1. The van der Waals surface area contributed by atoms with Crippen molar-refractivity contribution in [3.05, 3.63) is 18.0 Å². The molecule has 0 fully saturated rings. The van der Waals surface area contributed by atoms with Gasteiger partial charge < -0.3 is 5.32 Å². The van der Waals surface area contributed by atoms with Crippen LogP contribution in [-0.2, 0) is 7.05 Å². The van der Waals surface area contributed by atoms with Gasteiger partial charge in [0.25, 0.3) is 0 Å². The van der Waals surface area contributed by atoms with Crippen LogP contribution in [0, 0.1) is 0 Å². The molecule has 0 aromatic carbocycles. The quantitative estimate of drug-likeness (QED) is 0.712. The van der Waals surface area contributed by atoms with E-state index in [1.807, 2.05) is 25.0 Å². The zero-order valence-electron chi connectivity index (χ0n) is 10.2. The summed E-state index contributed by atoms with van der Waals surface area (Å²) in [6, 6.07) is 2.51. The van der Waals surface area contributed by atoms with Crippen LogP contribution in [-0.4, -0.2) is 41.9 Å². The summed E-state index contributed by atoms with van der Waals surface area (Å²) in [5, 5.41) is 7.36. The van der Waals surface area contributed by atoms with E-state index in [4.69, 9.17) is 0 Å². The molecule has 0 saturated heterocycles. The maximum atomic E-state index is 4.19. The topological polar surface area (TPSA) is 33.1 Å². The Bertz CT molecular complexity index is 282. The fourth-order valence-electron chi connectivity index (χ4n) is 1.72. The van der Waals surface area contributed by atoms with Crippen LogP contribution in [0.15, 0.2) is 12.3 Å². The molecule has 86 valence electrons. The molecular formula is C11H22N4. The van der Waals surface area contributed by atoms with Gasteiger partial charge in [0, 0.05) is 19.3 Å². The third-order valence-corrected chi connectivity index (χ3v) is 2.89. The lowest BCUT2D eigenvalue weighted by Gasteiger charge is -2.24. The number of aromatic nitrogens is 2. The molecule has 4 heteroatoms. The fraction of sp³-hybridized carbons (Fsp3) is 0.727. The number of nitrogens with one attached hydrogen (secondary N) is 1. The molecule has 1 atom stereocenters. The summed E-state index contributed by atoms with van der Waals surface area (Å²) in [4.78, 5) is 2.36. The van der Waals surface area contributed by atoms with Crippen LogP contribution >= 0.6 is 0 Å². The van der Waals surface area contributed by atoms with Gasteiger partial charge in [-0.05, 0) is 46.6 Å². The van der Waals surface area contributed by atoms with Crippen LogP contribution < -0.4 is 5.32 Å². The second kappa shape index (κ2) is 5.88. The summed E-state index contributed by atoms with van der Waals surface area (Å²) >= 11 is 0. The third kappa shape index (κ3) is 3.32. The van der Waals surface area contributed by atoms with E-state index in [0.717, 1.165) is 13.1 Å². The molecule has 1 rings (SSSR count). The Balaban J connectivity index is 2.46. The zero-order valence-corrected chi connectivity index (χ0v) is 10.2. The molecule has 1 N–H and O–H groups in total. The van der Waals surface area contributed by atoms with Crippen molar-refractivity contribution in [2.45, 2.75) is 19.4 Å². The highest BCUT2D eigenvalue weighted by Gasteiger charge is 2.13. The van der Waals surface area contributed by atoms with Gasteiger partial charge in [0.05, 0.1) is 5.69 Å². The summed E-state index contributed by atoms with van der Waals surface area (Å²) in [6.45, 7) is 4.39. The van der Waals surface area contributed by atoms with Crippen molar-refractivity contribution in [3.63, 3.8) is 0 Å². The lowest BCUT2D eigenvalue weighted by Crippen LogP contribution is -2.27. The van der Waals surface area contributed by atoms with Crippen molar-refractivity contribution >= 4 is 0 Å². The van der Waals surface area contributed by atoms with Crippen LogP contribution in [0.4, 0.5) is 0 Å². The van der Waals surface area contributed by atoms with E-state index in [2.05, 4.69) is 35.4 Å². The first-order chi connectivity index (χ1) is 7.16. The molecule has 0 aliphatic heterocycles. The van der Waals surface area contributed by atoms with Crippen molar-refractivity contribution in [3.8, 4) is 0 Å². The Kier molecular flexibility index (Phi) is 4.78. The number of nitrogens with zero attached hydrogens (tertiary/aromatic N) is 3. The van der Waals surface area contributed by atoms with Gasteiger partial charge in [0.1, 0.15) is 0 Å². The average molecular weight is 210 g/mol. The second-order valence-electron chi connectivity index (χ2n) is 3.99. The van der Waals surface area contributed by atoms with Crippen LogP contribution in [0.1, 0.15) is 25.1 Å². The smallest absolute Gasteiger partial charge is 0.0549 e. The Morgan fingerprint density at radius 2 is 2.33 bits per heavy atom. The summed E-state index contributed by atoms with van der Waals surface area (Å²) in [5.74, 6) is 0. The minimum Gasteiger partial charge on any atom is -0.320 e. The van der Waals surface area contributed by atoms with Gasteiger partial charge in [-0.2, -0.15) is 5.10 Å². The van der Waals surface area contributed by atoms with Gasteiger partial charge in [-0.15, -0.1) is 0 Å². The molecule has 1 aromatic rings. The summed E-state index contributed by atoms with van der Waals surface area (Å²) < 4.78 is 1.94. The Morgan fingerprint density at radius 3 is 2.87 bits per heavy atom. The fourth-order valence-corrected chi connectivity index (χ4v) is 1.72. The maximum Gasteiger partial charge on any atom is 0.0549 e. The van der Waals surface area contributed by atoms with Gasteiger partial charge in [0.2, 0.25) is 0 Å². The lowest BCUT2D eigenvalue weighted by molar-refractivity contribution is 0.248. The van der Waals surface area contributed by atoms with Crippen molar-refractivity contribution in [2.24, 2.45) is 7.05 Å². The highest BCUT2D eigenvalue weighted by molar-refractivity contribution is 5.05. The monoisotopic (exact) mass is 210 g/mol. The standard InChI is InChI=1S/C11H22N4/c1-10(11-6-8-13-15(11)4)14(3)9-5-7-12-2/h6,8,10,12H,5,7,9H2,1-4H3. The molecule has 15 heavy (non-hydrogen) atoms. The molecule has 0 spiro atoms. The summed E-state index contributed by atoms with van der Waals surface area (Å²) in [5.41, 5.74) is 1.27. The number of hydrogen-bond acceptors (Lipinski definition) is 3. The SMILES string of the molecule is CNCCCN(C)C(C)c1ccnn1C. The molecule has 0 amide bonds. The Labute approximate surface area is 92.3 Å². The van der Waals surface area contributed by atoms with E-state index >= 15 is 0 Å². The highest BCUT2D eigenvalue weighted by atomic mass is 15.3. The van der Waals surface area contributed by atoms with E-state index in [-0.39, 0.29) is 0 Å². The van der Waals surface area contributed by atoms with Gasteiger partial charge in [-0.25, -0.2) is 0 Å². The largest absolute Gasteiger partial charge is 0.320 e. The minimum atomic E-state index is 0.425. The van der Waals surface area contributed by atoms with Crippen molar-refractivity contribution in [2.75, 3.05) is 27.2 Å². The van der Waals surface area contributed by atoms with Gasteiger partial charge in [-0.3, -0.25) is 9.58 Å². The molecular weight excluding hydrogens is 188 g/mol. The van der Waals surface area contributed by atoms with Gasteiger partial charge in [0.15, 0.2) is 0 Å². The van der Waals surface area contributed by atoms with Gasteiger partial charge in [-0.1, -0.05) is 0 Å². The first kappa shape index (κ1) is 12.2. The van der Waals surface area contributed by atoms with Gasteiger partial charge >= 0.3 is 0 Å². The third-order valence-electron chi connectivity index (χ3n) is 2.89. The highest BCUT2D eigenvalue weighted by Crippen LogP contribution is 2.17. The summed E-state index contributed by atoms with van der Waals surface area (Å²) in [6.07, 6.45) is 3.03. The normalized spacial score (nSPS) is 13.4. The van der Waals surface area contributed by atoms with Crippen LogP contribution in [0.2, 0.25) is 0 Å². The maximum absolute atomic E-state index is 4.19. The lowest BCUT2D eigenvalue weighted by atomic mass is 10.2. The van der Waals surface area contributed by atoms with Crippen molar-refractivity contribution in [1.29, 1.82) is 0 Å². The predicted molar refractivity (Wildman–Crippen MR) is 62.8 cm³/mol. The van der Waals surface area contributed by atoms with Crippen LogP contribution in [0.25, 0.3) is 0 Å². The molecule has 0 radical (unpaired) electrons. The molecule has 1 heterocycles. The minimum absolute atomic E-state index is 0.425. The second-order valence-corrected chi connectivity index (χ2v) is 3.99. The molecule has 4 nitrogen and oxygen atoms in total. The Hall–Kier alpha value is -0.870. The Morgan fingerprint density at radius 1 is 1.60 bits per heavy atom. The van der Waals surface area contributed by atoms with E-state index in [1.165, 1.54) is 12.1 Å². The van der Waals surface area contributed by atoms with E-state index in [1.54, 1.807) is 0 Å². The molecule has 0 bridgehead atoms. The van der Waals surface area contributed by atoms with Crippen molar-refractivity contribution in [1.82, 2.24) is 20.0 Å².